The summed E-state index contributed by atoms with van der Waals surface area (Å²) in [4.78, 5) is 15.0. The van der Waals surface area contributed by atoms with E-state index < -0.39 is 6.04 Å². The van der Waals surface area contributed by atoms with E-state index in [2.05, 4.69) is 10.2 Å². The maximum atomic E-state index is 14.1. The highest BCUT2D eigenvalue weighted by Gasteiger charge is 2.42. The van der Waals surface area contributed by atoms with Crippen molar-refractivity contribution in [3.63, 3.8) is 0 Å². The number of rotatable bonds is 5. The number of carbonyl (C=O) groups excluding carboxylic acids is 1. The van der Waals surface area contributed by atoms with Gasteiger partial charge in [-0.15, -0.1) is 0 Å². The Morgan fingerprint density at radius 3 is 2.44 bits per heavy atom. The van der Waals surface area contributed by atoms with Gasteiger partial charge in [0.25, 0.3) is 5.91 Å². The van der Waals surface area contributed by atoms with E-state index in [-0.39, 0.29) is 24.1 Å². The van der Waals surface area contributed by atoms with Gasteiger partial charge in [-0.05, 0) is 59.7 Å². The summed E-state index contributed by atoms with van der Waals surface area (Å²) in [6, 6.07) is 19.0. The molecule has 0 spiro atoms. The lowest BCUT2D eigenvalue weighted by Crippen LogP contribution is -2.29. The Hall–Kier alpha value is -4.00. The molecule has 3 aromatic carbocycles. The summed E-state index contributed by atoms with van der Waals surface area (Å²) >= 11 is 0. The minimum atomic E-state index is -0.547. The zero-order valence-corrected chi connectivity index (χ0v) is 17.2. The third kappa shape index (κ3) is 3.41. The number of nitrogens with one attached hydrogen (secondary N) is 1. The SMILES string of the molecule is COc1ccc(-c2n[nH]c3c2C(c2cccc(F)c2)N(Cc2ccc(F)cc2)C3=O)cc1. The van der Waals surface area contributed by atoms with Crippen LogP contribution in [0, 0.1) is 11.6 Å². The second kappa shape index (κ2) is 7.92. The summed E-state index contributed by atoms with van der Waals surface area (Å²) in [7, 11) is 1.59. The molecule has 5 rings (SSSR count). The average Bonchev–Trinajstić information content (AvgIpc) is 3.35. The van der Waals surface area contributed by atoms with E-state index in [1.54, 1.807) is 36.3 Å². The number of carbonyl (C=O) groups is 1. The van der Waals surface area contributed by atoms with Crippen molar-refractivity contribution in [1.29, 1.82) is 0 Å². The van der Waals surface area contributed by atoms with Crippen LogP contribution in [0.2, 0.25) is 0 Å². The van der Waals surface area contributed by atoms with E-state index in [0.29, 0.717) is 28.3 Å². The molecule has 1 unspecified atom stereocenters. The van der Waals surface area contributed by atoms with Crippen LogP contribution in [0.5, 0.6) is 5.75 Å². The van der Waals surface area contributed by atoms with Gasteiger partial charge >= 0.3 is 0 Å². The van der Waals surface area contributed by atoms with Crippen molar-refractivity contribution in [2.24, 2.45) is 0 Å². The molecular weight excluding hydrogens is 412 g/mol. The van der Waals surface area contributed by atoms with Crippen LogP contribution in [0.25, 0.3) is 11.3 Å². The second-order valence-electron chi connectivity index (χ2n) is 7.61. The standard InChI is InChI=1S/C25H19F2N3O2/c1-32-20-11-7-16(8-12-20)22-21-23(29-28-22)25(31)30(14-15-5-9-18(26)10-6-15)24(21)17-3-2-4-19(27)13-17/h2-13,24H,14H2,1H3,(H,28,29). The topological polar surface area (TPSA) is 58.2 Å². The second-order valence-corrected chi connectivity index (χ2v) is 7.61. The maximum Gasteiger partial charge on any atom is 0.273 e. The van der Waals surface area contributed by atoms with E-state index in [1.165, 1.54) is 24.3 Å². The van der Waals surface area contributed by atoms with Crippen LogP contribution < -0.4 is 4.74 Å². The highest BCUT2D eigenvalue weighted by molar-refractivity contribution is 6.00. The van der Waals surface area contributed by atoms with E-state index in [0.717, 1.165) is 11.1 Å². The summed E-state index contributed by atoms with van der Waals surface area (Å²) in [5.41, 5.74) is 3.88. The molecule has 0 saturated carbocycles. The molecule has 0 bridgehead atoms. The van der Waals surface area contributed by atoms with E-state index >= 15 is 0 Å². The summed E-state index contributed by atoms with van der Waals surface area (Å²) in [5.74, 6) is -0.276. The molecular formula is C25H19F2N3O2. The fraction of sp³-hybridized carbons (Fsp3) is 0.120. The summed E-state index contributed by atoms with van der Waals surface area (Å²) in [6.07, 6.45) is 0. The van der Waals surface area contributed by atoms with Gasteiger partial charge < -0.3 is 9.64 Å². The van der Waals surface area contributed by atoms with Crippen molar-refractivity contribution in [2.45, 2.75) is 12.6 Å². The fourth-order valence-corrected chi connectivity index (χ4v) is 4.14. The minimum absolute atomic E-state index is 0.241. The molecule has 0 fully saturated rings. The number of ether oxygens (including phenoxy) is 1. The van der Waals surface area contributed by atoms with Crippen LogP contribution in [0.15, 0.2) is 72.8 Å². The number of H-pyrrole nitrogens is 1. The Kier molecular flexibility index (Phi) is 4.93. The number of hydrogen-bond acceptors (Lipinski definition) is 3. The number of nitrogens with zero attached hydrogens (tertiary/aromatic N) is 2. The van der Waals surface area contributed by atoms with Crippen LogP contribution in [0.3, 0.4) is 0 Å². The number of methoxy groups -OCH3 is 1. The van der Waals surface area contributed by atoms with Gasteiger partial charge in [0, 0.05) is 17.7 Å². The number of aromatic amines is 1. The Morgan fingerprint density at radius 1 is 1.00 bits per heavy atom. The monoisotopic (exact) mass is 431 g/mol. The first-order valence-corrected chi connectivity index (χ1v) is 10.1. The van der Waals surface area contributed by atoms with Crippen molar-refractivity contribution in [3.05, 3.63) is 107 Å². The number of aromatic nitrogens is 2. The zero-order chi connectivity index (χ0) is 22.2. The van der Waals surface area contributed by atoms with Gasteiger partial charge in [0.2, 0.25) is 0 Å². The quantitative estimate of drug-likeness (QED) is 0.478. The average molecular weight is 431 g/mol. The third-order valence-electron chi connectivity index (χ3n) is 5.66. The number of halogens is 2. The van der Waals surface area contributed by atoms with Gasteiger partial charge in [0.05, 0.1) is 18.8 Å². The predicted molar refractivity (Wildman–Crippen MR) is 115 cm³/mol. The van der Waals surface area contributed by atoms with Gasteiger partial charge in [-0.3, -0.25) is 9.89 Å². The first kappa shape index (κ1) is 19.9. The number of amides is 1. The van der Waals surface area contributed by atoms with E-state index in [4.69, 9.17) is 4.74 Å². The van der Waals surface area contributed by atoms with Crippen molar-refractivity contribution in [2.75, 3.05) is 7.11 Å². The lowest BCUT2D eigenvalue weighted by molar-refractivity contribution is 0.0730. The first-order valence-electron chi connectivity index (χ1n) is 10.1. The molecule has 1 aromatic heterocycles. The van der Waals surface area contributed by atoms with Crippen LogP contribution in [0.4, 0.5) is 8.78 Å². The lowest BCUT2D eigenvalue weighted by Gasteiger charge is -2.26. The molecule has 5 nitrogen and oxygen atoms in total. The molecule has 160 valence electrons. The van der Waals surface area contributed by atoms with Gasteiger partial charge in [0.1, 0.15) is 23.1 Å². The largest absolute Gasteiger partial charge is 0.497 e. The van der Waals surface area contributed by atoms with Crippen LogP contribution >= 0.6 is 0 Å². The van der Waals surface area contributed by atoms with Crippen molar-refractivity contribution >= 4 is 5.91 Å². The lowest BCUT2D eigenvalue weighted by atomic mass is 9.95. The molecule has 7 heteroatoms. The molecule has 1 atom stereocenters. The van der Waals surface area contributed by atoms with E-state index in [9.17, 15) is 13.6 Å². The van der Waals surface area contributed by atoms with Crippen LogP contribution in [0.1, 0.15) is 33.2 Å². The summed E-state index contributed by atoms with van der Waals surface area (Å²) in [6.45, 7) is 0.241. The highest BCUT2D eigenvalue weighted by Crippen LogP contribution is 2.43. The Balaban J connectivity index is 1.62. The minimum Gasteiger partial charge on any atom is -0.497 e. The molecule has 0 radical (unpaired) electrons. The van der Waals surface area contributed by atoms with Crippen LogP contribution in [-0.4, -0.2) is 28.1 Å². The van der Waals surface area contributed by atoms with Crippen molar-refractivity contribution < 1.29 is 18.3 Å². The molecule has 1 aliphatic heterocycles. The predicted octanol–water partition coefficient (Wildman–Crippen LogP) is 5.11. The Morgan fingerprint density at radius 2 is 1.75 bits per heavy atom. The third-order valence-corrected chi connectivity index (χ3v) is 5.66. The van der Waals surface area contributed by atoms with Crippen molar-refractivity contribution in [3.8, 4) is 17.0 Å². The fourth-order valence-electron chi connectivity index (χ4n) is 4.14. The van der Waals surface area contributed by atoms with Crippen LogP contribution in [-0.2, 0) is 6.54 Å². The van der Waals surface area contributed by atoms with Crippen molar-refractivity contribution in [1.82, 2.24) is 15.1 Å². The normalized spacial score (nSPS) is 15.2. The Bertz CT molecular complexity index is 1280. The molecule has 1 aliphatic rings. The summed E-state index contributed by atoms with van der Waals surface area (Å²) in [5, 5.41) is 7.28. The molecule has 1 amide bonds. The van der Waals surface area contributed by atoms with Gasteiger partial charge in [-0.1, -0.05) is 24.3 Å². The number of hydrogen-bond donors (Lipinski definition) is 1. The number of benzene rings is 3. The number of fused-ring (bicyclic) bond motifs is 1. The van der Waals surface area contributed by atoms with E-state index in [1.807, 2.05) is 24.3 Å². The smallest absolute Gasteiger partial charge is 0.273 e. The molecule has 0 aliphatic carbocycles. The highest BCUT2D eigenvalue weighted by atomic mass is 19.1. The molecule has 2 heterocycles. The van der Waals surface area contributed by atoms with Gasteiger partial charge in [-0.2, -0.15) is 5.10 Å². The maximum absolute atomic E-state index is 14.1. The molecule has 4 aromatic rings. The Labute approximate surface area is 183 Å². The molecule has 1 N–H and O–H groups in total. The molecule has 0 saturated heterocycles. The van der Waals surface area contributed by atoms with Gasteiger partial charge in [-0.25, -0.2) is 8.78 Å². The molecule has 32 heavy (non-hydrogen) atoms. The first-order chi connectivity index (χ1) is 15.5. The summed E-state index contributed by atoms with van der Waals surface area (Å²) < 4.78 is 32.8. The zero-order valence-electron chi connectivity index (χ0n) is 17.2. The van der Waals surface area contributed by atoms with Gasteiger partial charge in [0.15, 0.2) is 0 Å².